The molecule has 2 aromatic heterocycles. The van der Waals surface area contributed by atoms with Crippen LogP contribution in [0.15, 0.2) is 39.7 Å². The predicted octanol–water partition coefficient (Wildman–Crippen LogP) is 1.86. The minimum absolute atomic E-state index is 0.00927. The molecule has 21 heavy (non-hydrogen) atoms. The van der Waals surface area contributed by atoms with Crippen molar-refractivity contribution in [3.63, 3.8) is 0 Å². The van der Waals surface area contributed by atoms with E-state index in [0.717, 1.165) is 10.7 Å². The predicted molar refractivity (Wildman–Crippen MR) is 77.6 cm³/mol. The van der Waals surface area contributed by atoms with Gasteiger partial charge in [-0.3, -0.25) is 4.79 Å². The molecule has 0 saturated carbocycles. The van der Waals surface area contributed by atoms with Crippen molar-refractivity contribution in [2.24, 2.45) is 0 Å². The summed E-state index contributed by atoms with van der Waals surface area (Å²) in [6.45, 7) is 0. The highest BCUT2D eigenvalue weighted by atomic mass is 79.9. The van der Waals surface area contributed by atoms with Gasteiger partial charge >= 0.3 is 5.97 Å². The lowest BCUT2D eigenvalue weighted by atomic mass is 10.1. The molecule has 0 spiro atoms. The Bertz CT molecular complexity index is 929. The van der Waals surface area contributed by atoms with Gasteiger partial charge < -0.3 is 15.2 Å². The number of benzene rings is 1. The van der Waals surface area contributed by atoms with Gasteiger partial charge in [-0.15, -0.1) is 0 Å². The quantitative estimate of drug-likeness (QED) is 0.654. The van der Waals surface area contributed by atoms with Crippen molar-refractivity contribution in [3.05, 3.63) is 50.9 Å². The summed E-state index contributed by atoms with van der Waals surface area (Å²) >= 11 is 3.31. The van der Waals surface area contributed by atoms with Crippen molar-refractivity contribution in [2.75, 3.05) is 0 Å². The summed E-state index contributed by atoms with van der Waals surface area (Å²) in [5.74, 6) is -1.66. The van der Waals surface area contributed by atoms with E-state index in [4.69, 9.17) is 5.11 Å². The van der Waals surface area contributed by atoms with Crippen LogP contribution in [0, 0.1) is 0 Å². The normalized spacial score (nSPS) is 10.9. The lowest BCUT2D eigenvalue weighted by molar-refractivity contribution is 0.0699. The molecule has 106 valence electrons. The number of nitrogens with zero attached hydrogens (tertiary/aromatic N) is 2. The number of carboxylic acids is 1. The second-order valence-electron chi connectivity index (χ2n) is 4.26. The number of hydrogen-bond donors (Lipinski definition) is 3. The van der Waals surface area contributed by atoms with Gasteiger partial charge in [-0.05, 0) is 6.07 Å². The maximum atomic E-state index is 12.2. The molecule has 0 bridgehead atoms. The zero-order chi connectivity index (χ0) is 15.1. The molecule has 3 aromatic rings. The molecule has 0 fully saturated rings. The van der Waals surface area contributed by atoms with Gasteiger partial charge in [0, 0.05) is 10.0 Å². The van der Waals surface area contributed by atoms with Crippen molar-refractivity contribution < 1.29 is 15.0 Å². The van der Waals surface area contributed by atoms with Crippen LogP contribution < -0.4 is 5.56 Å². The van der Waals surface area contributed by atoms with Gasteiger partial charge in [0.05, 0.1) is 6.20 Å². The SMILES string of the molecule is O=C(O)c1cnn2c(O)c(-c3ccccc3Br)c(=O)[nH]c12. The number of aromatic hydroxyl groups is 1. The molecular weight excluding hydrogens is 342 g/mol. The highest BCUT2D eigenvalue weighted by Crippen LogP contribution is 2.31. The molecule has 0 radical (unpaired) electrons. The van der Waals surface area contributed by atoms with E-state index in [2.05, 4.69) is 26.0 Å². The minimum atomic E-state index is -1.24. The maximum absolute atomic E-state index is 12.2. The van der Waals surface area contributed by atoms with Crippen LogP contribution in [-0.2, 0) is 0 Å². The Morgan fingerprint density at radius 2 is 2.05 bits per heavy atom. The van der Waals surface area contributed by atoms with Crippen LogP contribution >= 0.6 is 15.9 Å². The average Bonchev–Trinajstić information content (AvgIpc) is 2.85. The van der Waals surface area contributed by atoms with Crippen LogP contribution in [0.1, 0.15) is 10.4 Å². The Kier molecular flexibility index (Phi) is 3.02. The summed E-state index contributed by atoms with van der Waals surface area (Å²) in [6.07, 6.45) is 1.07. The molecule has 2 heterocycles. The van der Waals surface area contributed by atoms with Gasteiger partial charge in [-0.1, -0.05) is 34.1 Å². The molecule has 0 aliphatic rings. The standard InChI is InChI=1S/C13H8BrN3O4/c14-8-4-2-1-3-6(8)9-11(18)16-10-7(13(20)21)5-15-17(10)12(9)19/h1-5,19H,(H,16,18)(H,20,21). The van der Waals surface area contributed by atoms with Crippen molar-refractivity contribution in [1.82, 2.24) is 14.6 Å². The maximum Gasteiger partial charge on any atom is 0.341 e. The van der Waals surface area contributed by atoms with Crippen molar-refractivity contribution in [2.45, 2.75) is 0 Å². The van der Waals surface area contributed by atoms with E-state index in [9.17, 15) is 14.7 Å². The smallest absolute Gasteiger partial charge is 0.341 e. The average molecular weight is 350 g/mol. The van der Waals surface area contributed by atoms with Gasteiger partial charge in [-0.25, -0.2) is 4.79 Å². The van der Waals surface area contributed by atoms with E-state index < -0.39 is 17.4 Å². The first kappa shape index (κ1) is 13.4. The molecule has 3 N–H and O–H groups in total. The molecule has 0 amide bonds. The summed E-state index contributed by atoms with van der Waals surface area (Å²) in [4.78, 5) is 25.7. The number of nitrogens with one attached hydrogen (secondary N) is 1. The Balaban J connectivity index is 2.39. The highest BCUT2D eigenvalue weighted by Gasteiger charge is 2.20. The molecule has 3 rings (SSSR count). The fraction of sp³-hybridized carbons (Fsp3) is 0. The van der Waals surface area contributed by atoms with Gasteiger partial charge in [0.1, 0.15) is 11.1 Å². The molecule has 0 unspecified atom stereocenters. The Morgan fingerprint density at radius 1 is 1.33 bits per heavy atom. The Labute approximate surface area is 125 Å². The summed E-state index contributed by atoms with van der Waals surface area (Å²) in [6, 6.07) is 6.87. The summed E-state index contributed by atoms with van der Waals surface area (Å²) in [5.41, 5.74) is -0.377. The monoisotopic (exact) mass is 349 g/mol. The third-order valence-electron chi connectivity index (χ3n) is 3.03. The second kappa shape index (κ2) is 4.74. The van der Waals surface area contributed by atoms with E-state index in [1.165, 1.54) is 0 Å². The number of carboxylic acid groups (broad SMARTS) is 1. The number of fused-ring (bicyclic) bond motifs is 1. The van der Waals surface area contributed by atoms with E-state index in [-0.39, 0.29) is 16.8 Å². The fourth-order valence-corrected chi connectivity index (χ4v) is 2.55. The number of aromatic amines is 1. The molecule has 8 heteroatoms. The van der Waals surface area contributed by atoms with Crippen molar-refractivity contribution >= 4 is 27.5 Å². The molecule has 0 atom stereocenters. The van der Waals surface area contributed by atoms with E-state index >= 15 is 0 Å². The van der Waals surface area contributed by atoms with Gasteiger partial charge in [0.25, 0.3) is 5.56 Å². The number of H-pyrrole nitrogens is 1. The third-order valence-corrected chi connectivity index (χ3v) is 3.72. The number of carbonyl (C=O) groups is 1. The first-order chi connectivity index (χ1) is 10.0. The van der Waals surface area contributed by atoms with E-state index in [1.54, 1.807) is 24.3 Å². The molecular formula is C13H8BrN3O4. The molecule has 1 aromatic carbocycles. The van der Waals surface area contributed by atoms with Gasteiger partial charge in [-0.2, -0.15) is 9.61 Å². The van der Waals surface area contributed by atoms with Crippen molar-refractivity contribution in [3.8, 4) is 17.0 Å². The van der Waals surface area contributed by atoms with Crippen LogP contribution in [0.2, 0.25) is 0 Å². The number of hydrogen-bond acceptors (Lipinski definition) is 4. The largest absolute Gasteiger partial charge is 0.493 e. The summed E-state index contributed by atoms with van der Waals surface area (Å²) in [5, 5.41) is 23.1. The molecule has 0 saturated heterocycles. The van der Waals surface area contributed by atoms with Gasteiger partial charge in [0.15, 0.2) is 5.65 Å². The first-order valence-corrected chi connectivity index (χ1v) is 6.61. The summed E-state index contributed by atoms with van der Waals surface area (Å²) in [7, 11) is 0. The first-order valence-electron chi connectivity index (χ1n) is 5.82. The van der Waals surface area contributed by atoms with Crippen LogP contribution in [0.4, 0.5) is 0 Å². The Hall–Kier alpha value is -2.61. The zero-order valence-electron chi connectivity index (χ0n) is 10.4. The van der Waals surface area contributed by atoms with Gasteiger partial charge in [0.2, 0.25) is 5.88 Å². The highest BCUT2D eigenvalue weighted by molar-refractivity contribution is 9.10. The Morgan fingerprint density at radius 3 is 2.71 bits per heavy atom. The van der Waals surface area contributed by atoms with E-state index in [1.807, 2.05) is 0 Å². The van der Waals surface area contributed by atoms with Crippen LogP contribution in [-0.4, -0.2) is 30.8 Å². The van der Waals surface area contributed by atoms with Crippen molar-refractivity contribution in [1.29, 1.82) is 0 Å². The topological polar surface area (TPSA) is 108 Å². The van der Waals surface area contributed by atoms with E-state index in [0.29, 0.717) is 10.0 Å². The minimum Gasteiger partial charge on any atom is -0.493 e. The van der Waals surface area contributed by atoms with Crippen LogP contribution in [0.25, 0.3) is 16.8 Å². The second-order valence-corrected chi connectivity index (χ2v) is 5.11. The lowest BCUT2D eigenvalue weighted by Crippen LogP contribution is -2.14. The van der Waals surface area contributed by atoms with Crippen LogP contribution in [0.3, 0.4) is 0 Å². The summed E-state index contributed by atoms with van der Waals surface area (Å²) < 4.78 is 1.61. The molecule has 0 aliphatic heterocycles. The number of halogens is 1. The number of rotatable bonds is 2. The lowest BCUT2D eigenvalue weighted by Gasteiger charge is -2.07. The zero-order valence-corrected chi connectivity index (χ0v) is 12.0. The van der Waals surface area contributed by atoms with Crippen LogP contribution in [0.5, 0.6) is 5.88 Å². The fourth-order valence-electron chi connectivity index (χ4n) is 2.07. The number of aromatic carboxylic acids is 1. The molecule has 7 nitrogen and oxygen atoms in total. The number of aromatic nitrogens is 3. The molecule has 0 aliphatic carbocycles. The third kappa shape index (κ3) is 2.00.